The standard InChI is InChI=1S/C21H19N5O3S/c27-19(28)15-4-5-17(23-12-15)18-13-24-20(30-18)25-21(29)26-9-6-14(7-10-26)11-16-3-1-2-8-22-16/h1-5,8,11-13H,6-7,9-10H2,(H,27,28)(H,24,25,29). The monoisotopic (exact) mass is 421 g/mol. The average molecular weight is 421 g/mol. The second-order valence-corrected chi connectivity index (χ2v) is 7.77. The molecule has 9 heteroatoms. The number of hydrogen-bond acceptors (Lipinski definition) is 6. The van der Waals surface area contributed by atoms with E-state index in [1.165, 1.54) is 29.2 Å². The molecule has 30 heavy (non-hydrogen) atoms. The lowest BCUT2D eigenvalue weighted by Crippen LogP contribution is -2.39. The van der Waals surface area contributed by atoms with Crippen molar-refractivity contribution >= 4 is 34.5 Å². The van der Waals surface area contributed by atoms with Gasteiger partial charge < -0.3 is 10.0 Å². The molecule has 1 saturated heterocycles. The summed E-state index contributed by atoms with van der Waals surface area (Å²) < 4.78 is 0. The van der Waals surface area contributed by atoms with Crippen molar-refractivity contribution in [3.63, 3.8) is 0 Å². The number of carboxylic acids is 1. The Labute approximate surface area is 176 Å². The zero-order valence-corrected chi connectivity index (χ0v) is 16.8. The SMILES string of the molecule is O=C(O)c1ccc(-c2cnc(NC(=O)N3CCC(=Cc4ccccn4)CC3)s2)nc1. The number of aromatic carboxylic acids is 1. The first-order chi connectivity index (χ1) is 14.6. The summed E-state index contributed by atoms with van der Waals surface area (Å²) in [6.45, 7) is 1.28. The van der Waals surface area contributed by atoms with Crippen molar-refractivity contribution in [3.8, 4) is 10.6 Å². The lowest BCUT2D eigenvalue weighted by Gasteiger charge is -2.28. The maximum Gasteiger partial charge on any atom is 0.337 e. The third kappa shape index (κ3) is 4.69. The van der Waals surface area contributed by atoms with Gasteiger partial charge in [-0.3, -0.25) is 15.3 Å². The Bertz CT molecular complexity index is 1070. The number of carbonyl (C=O) groups excluding carboxylic acids is 1. The van der Waals surface area contributed by atoms with E-state index in [0.717, 1.165) is 23.4 Å². The molecule has 152 valence electrons. The summed E-state index contributed by atoms with van der Waals surface area (Å²) in [5.74, 6) is -1.02. The number of hydrogen-bond donors (Lipinski definition) is 2. The van der Waals surface area contributed by atoms with Crippen molar-refractivity contribution in [1.82, 2.24) is 19.9 Å². The van der Waals surface area contributed by atoms with Crippen LogP contribution >= 0.6 is 11.3 Å². The lowest BCUT2D eigenvalue weighted by atomic mass is 10.0. The van der Waals surface area contributed by atoms with Gasteiger partial charge in [-0.05, 0) is 43.2 Å². The van der Waals surface area contributed by atoms with Crippen LogP contribution in [0.15, 0.2) is 54.5 Å². The molecule has 0 aliphatic carbocycles. The second kappa shape index (κ2) is 8.83. The molecule has 0 bridgehead atoms. The minimum absolute atomic E-state index is 0.123. The smallest absolute Gasteiger partial charge is 0.337 e. The maximum atomic E-state index is 12.6. The number of nitrogens with one attached hydrogen (secondary N) is 1. The molecule has 0 unspecified atom stereocenters. The Balaban J connectivity index is 1.34. The highest BCUT2D eigenvalue weighted by Gasteiger charge is 2.20. The molecule has 4 rings (SSSR count). The molecule has 0 aromatic carbocycles. The summed E-state index contributed by atoms with van der Waals surface area (Å²) in [4.78, 5) is 38.7. The summed E-state index contributed by atoms with van der Waals surface area (Å²) in [7, 11) is 0. The van der Waals surface area contributed by atoms with Crippen molar-refractivity contribution < 1.29 is 14.7 Å². The molecule has 2 N–H and O–H groups in total. The molecule has 3 aromatic rings. The third-order valence-corrected chi connectivity index (χ3v) is 5.65. The van der Waals surface area contributed by atoms with Crippen LogP contribution in [-0.4, -0.2) is 50.0 Å². The number of pyridine rings is 2. The number of rotatable bonds is 4. The first-order valence-electron chi connectivity index (χ1n) is 9.40. The predicted octanol–water partition coefficient (Wildman–Crippen LogP) is 4.01. The van der Waals surface area contributed by atoms with E-state index in [9.17, 15) is 9.59 Å². The fourth-order valence-electron chi connectivity index (χ4n) is 3.10. The lowest BCUT2D eigenvalue weighted by molar-refractivity contribution is 0.0696. The Morgan fingerprint density at radius 2 is 1.90 bits per heavy atom. The van der Waals surface area contributed by atoms with Gasteiger partial charge in [0.25, 0.3) is 0 Å². The Kier molecular flexibility index (Phi) is 5.80. The van der Waals surface area contributed by atoms with Gasteiger partial charge in [0.15, 0.2) is 5.13 Å². The van der Waals surface area contributed by atoms with Gasteiger partial charge in [-0.1, -0.05) is 23.0 Å². The number of carbonyl (C=O) groups is 2. The minimum atomic E-state index is -1.02. The number of aromatic nitrogens is 3. The molecule has 1 fully saturated rings. The zero-order valence-electron chi connectivity index (χ0n) is 16.0. The maximum absolute atomic E-state index is 12.6. The van der Waals surface area contributed by atoms with E-state index >= 15 is 0 Å². The Morgan fingerprint density at radius 1 is 1.07 bits per heavy atom. The molecule has 2 amide bonds. The normalized spacial score (nSPS) is 13.7. The first-order valence-corrected chi connectivity index (χ1v) is 10.2. The Hall–Kier alpha value is -3.59. The number of anilines is 1. The summed E-state index contributed by atoms with van der Waals surface area (Å²) in [6, 6.07) is 8.76. The van der Waals surface area contributed by atoms with E-state index in [4.69, 9.17) is 5.11 Å². The quantitative estimate of drug-likeness (QED) is 0.659. The predicted molar refractivity (Wildman–Crippen MR) is 114 cm³/mol. The molecule has 4 heterocycles. The van der Waals surface area contributed by atoms with E-state index in [-0.39, 0.29) is 11.6 Å². The average Bonchev–Trinajstić information content (AvgIpc) is 3.23. The molecule has 0 spiro atoms. The number of piperidine rings is 1. The molecule has 1 aliphatic rings. The number of urea groups is 1. The van der Waals surface area contributed by atoms with Crippen LogP contribution in [0.4, 0.5) is 9.93 Å². The molecule has 3 aromatic heterocycles. The van der Waals surface area contributed by atoms with Crippen LogP contribution in [-0.2, 0) is 0 Å². The largest absolute Gasteiger partial charge is 0.478 e. The van der Waals surface area contributed by atoms with Crippen molar-refractivity contribution in [3.05, 3.63) is 65.8 Å². The second-order valence-electron chi connectivity index (χ2n) is 6.74. The summed E-state index contributed by atoms with van der Waals surface area (Å²) in [5.41, 5.74) is 2.95. The molecule has 0 radical (unpaired) electrons. The number of nitrogens with zero attached hydrogens (tertiary/aromatic N) is 4. The number of thiazole rings is 1. The van der Waals surface area contributed by atoms with Crippen molar-refractivity contribution in [2.75, 3.05) is 18.4 Å². The van der Waals surface area contributed by atoms with Gasteiger partial charge in [0.1, 0.15) is 0 Å². The van der Waals surface area contributed by atoms with E-state index in [0.29, 0.717) is 23.9 Å². The van der Waals surface area contributed by atoms with Crippen LogP contribution < -0.4 is 5.32 Å². The molecular formula is C21H19N5O3S. The number of amides is 2. The zero-order chi connectivity index (χ0) is 20.9. The van der Waals surface area contributed by atoms with Crippen LogP contribution in [0.2, 0.25) is 0 Å². The molecular weight excluding hydrogens is 402 g/mol. The van der Waals surface area contributed by atoms with Crippen molar-refractivity contribution in [1.29, 1.82) is 0 Å². The van der Waals surface area contributed by atoms with Gasteiger partial charge in [-0.2, -0.15) is 0 Å². The number of likely N-dealkylation sites (tertiary alicyclic amines) is 1. The molecule has 0 atom stereocenters. The minimum Gasteiger partial charge on any atom is -0.478 e. The van der Waals surface area contributed by atoms with Gasteiger partial charge in [0.2, 0.25) is 0 Å². The van der Waals surface area contributed by atoms with E-state index in [2.05, 4.69) is 26.3 Å². The van der Waals surface area contributed by atoms with Crippen LogP contribution in [0, 0.1) is 0 Å². The topological polar surface area (TPSA) is 108 Å². The van der Waals surface area contributed by atoms with E-state index in [1.54, 1.807) is 23.4 Å². The molecule has 8 nitrogen and oxygen atoms in total. The van der Waals surface area contributed by atoms with E-state index in [1.807, 2.05) is 18.2 Å². The van der Waals surface area contributed by atoms with Gasteiger partial charge in [-0.25, -0.2) is 14.6 Å². The van der Waals surface area contributed by atoms with Gasteiger partial charge in [0, 0.05) is 31.7 Å². The van der Waals surface area contributed by atoms with Crippen molar-refractivity contribution in [2.24, 2.45) is 0 Å². The fourth-order valence-corrected chi connectivity index (χ4v) is 3.88. The summed E-state index contributed by atoms with van der Waals surface area (Å²) in [5, 5.41) is 12.3. The highest BCUT2D eigenvalue weighted by atomic mass is 32.1. The highest BCUT2D eigenvalue weighted by Crippen LogP contribution is 2.28. The Morgan fingerprint density at radius 3 is 2.57 bits per heavy atom. The van der Waals surface area contributed by atoms with Gasteiger partial charge in [-0.15, -0.1) is 0 Å². The van der Waals surface area contributed by atoms with Gasteiger partial charge in [0.05, 0.1) is 21.8 Å². The molecule has 0 saturated carbocycles. The fraction of sp³-hybridized carbons (Fsp3) is 0.190. The van der Waals surface area contributed by atoms with Crippen LogP contribution in [0.1, 0.15) is 28.9 Å². The first kappa shape index (κ1) is 19.7. The van der Waals surface area contributed by atoms with Crippen LogP contribution in [0.25, 0.3) is 16.6 Å². The van der Waals surface area contributed by atoms with Crippen LogP contribution in [0.5, 0.6) is 0 Å². The van der Waals surface area contributed by atoms with Crippen LogP contribution in [0.3, 0.4) is 0 Å². The molecule has 1 aliphatic heterocycles. The van der Waals surface area contributed by atoms with Crippen molar-refractivity contribution in [2.45, 2.75) is 12.8 Å². The third-order valence-electron chi connectivity index (χ3n) is 4.72. The van der Waals surface area contributed by atoms with Gasteiger partial charge >= 0.3 is 12.0 Å². The number of carboxylic acid groups (broad SMARTS) is 1. The van der Waals surface area contributed by atoms with E-state index < -0.39 is 5.97 Å². The summed E-state index contributed by atoms with van der Waals surface area (Å²) >= 11 is 1.30. The summed E-state index contributed by atoms with van der Waals surface area (Å²) in [6.07, 6.45) is 8.41. The highest BCUT2D eigenvalue weighted by molar-refractivity contribution is 7.19.